The Hall–Kier alpha value is -0.160. The van der Waals surface area contributed by atoms with Crippen LogP contribution in [0.3, 0.4) is 0 Å². The highest BCUT2D eigenvalue weighted by atomic mass is 127. The fourth-order valence-electron chi connectivity index (χ4n) is 1.88. The summed E-state index contributed by atoms with van der Waals surface area (Å²) < 4.78 is 0. The Balaban J connectivity index is 0.00000144. The van der Waals surface area contributed by atoms with Crippen LogP contribution in [-0.4, -0.2) is 42.0 Å². The average Bonchev–Trinajstić information content (AvgIpc) is 3.08. The van der Waals surface area contributed by atoms with Gasteiger partial charge in [-0.2, -0.15) is 17.0 Å². The van der Waals surface area contributed by atoms with Crippen molar-refractivity contribution in [3.63, 3.8) is 0 Å². The normalized spacial score (nSPS) is 22.5. The number of halogens is 1. The molecule has 0 spiro atoms. The standard InChI is InChI=1S/C11H18N4S.HI/c12-4-3-11(1-2-11)9-14-10(13)15-5-7-16-8-6-15;/h1-3,5-9H2,(H2,13,14);1H. The van der Waals surface area contributed by atoms with Crippen molar-refractivity contribution in [2.75, 3.05) is 31.1 Å². The van der Waals surface area contributed by atoms with E-state index in [4.69, 9.17) is 11.0 Å². The summed E-state index contributed by atoms with van der Waals surface area (Å²) in [5, 5.41) is 8.71. The second-order valence-corrected chi connectivity index (χ2v) is 5.83. The van der Waals surface area contributed by atoms with Gasteiger partial charge in [-0.15, -0.1) is 24.0 Å². The van der Waals surface area contributed by atoms with Crippen molar-refractivity contribution < 1.29 is 0 Å². The minimum atomic E-state index is 0. The first-order valence-corrected chi connectivity index (χ1v) is 6.91. The minimum absolute atomic E-state index is 0. The van der Waals surface area contributed by atoms with Crippen LogP contribution in [0.25, 0.3) is 0 Å². The van der Waals surface area contributed by atoms with E-state index >= 15 is 0 Å². The highest BCUT2D eigenvalue weighted by Crippen LogP contribution is 2.48. The van der Waals surface area contributed by atoms with E-state index in [2.05, 4.69) is 16.0 Å². The van der Waals surface area contributed by atoms with Crippen molar-refractivity contribution in [1.82, 2.24) is 4.90 Å². The van der Waals surface area contributed by atoms with E-state index in [0.717, 1.165) is 44.0 Å². The number of nitrogens with two attached hydrogens (primary N) is 1. The molecule has 0 aromatic carbocycles. The number of nitriles is 1. The van der Waals surface area contributed by atoms with Crippen molar-refractivity contribution in [1.29, 1.82) is 5.26 Å². The molecule has 0 unspecified atom stereocenters. The molecule has 1 heterocycles. The molecule has 17 heavy (non-hydrogen) atoms. The number of hydrogen-bond donors (Lipinski definition) is 1. The van der Waals surface area contributed by atoms with Crippen LogP contribution in [0, 0.1) is 16.7 Å². The Morgan fingerprint density at radius 3 is 2.59 bits per heavy atom. The van der Waals surface area contributed by atoms with Gasteiger partial charge in [-0.25, -0.2) is 0 Å². The molecule has 2 rings (SSSR count). The van der Waals surface area contributed by atoms with Crippen LogP contribution in [-0.2, 0) is 0 Å². The van der Waals surface area contributed by atoms with Gasteiger partial charge in [0.05, 0.1) is 6.07 Å². The third-order valence-corrected chi connectivity index (χ3v) is 4.27. The number of guanidine groups is 1. The van der Waals surface area contributed by atoms with Crippen LogP contribution in [0.15, 0.2) is 4.99 Å². The molecule has 0 aromatic rings. The van der Waals surface area contributed by atoms with Crippen LogP contribution in [0.2, 0.25) is 0 Å². The van der Waals surface area contributed by atoms with E-state index in [1.165, 1.54) is 0 Å². The van der Waals surface area contributed by atoms with Gasteiger partial charge < -0.3 is 10.6 Å². The number of rotatable bonds is 3. The summed E-state index contributed by atoms with van der Waals surface area (Å²) in [6, 6.07) is 2.25. The van der Waals surface area contributed by atoms with E-state index in [-0.39, 0.29) is 29.4 Å². The van der Waals surface area contributed by atoms with Gasteiger partial charge in [0.1, 0.15) is 0 Å². The van der Waals surface area contributed by atoms with Gasteiger partial charge in [0, 0.05) is 43.0 Å². The lowest BCUT2D eigenvalue weighted by molar-refractivity contribution is 0.449. The van der Waals surface area contributed by atoms with E-state index in [1.807, 2.05) is 11.8 Å². The monoisotopic (exact) mass is 366 g/mol. The first-order valence-electron chi connectivity index (χ1n) is 5.75. The molecular formula is C11H19IN4S. The van der Waals surface area contributed by atoms with Gasteiger partial charge in [0.2, 0.25) is 0 Å². The SMILES string of the molecule is I.N#CCC1(CN=C(N)N2CCSCC2)CC1. The van der Waals surface area contributed by atoms with E-state index in [1.54, 1.807) is 0 Å². The summed E-state index contributed by atoms with van der Waals surface area (Å²) >= 11 is 1.96. The van der Waals surface area contributed by atoms with Crippen molar-refractivity contribution in [3.8, 4) is 6.07 Å². The van der Waals surface area contributed by atoms with E-state index in [9.17, 15) is 0 Å². The zero-order chi connectivity index (χ0) is 11.4. The third kappa shape index (κ3) is 4.21. The summed E-state index contributed by atoms with van der Waals surface area (Å²) in [6.45, 7) is 2.74. The zero-order valence-corrected chi connectivity index (χ0v) is 13.0. The van der Waals surface area contributed by atoms with E-state index < -0.39 is 0 Å². The van der Waals surface area contributed by atoms with Gasteiger partial charge in [0.25, 0.3) is 0 Å². The lowest BCUT2D eigenvalue weighted by Gasteiger charge is -2.27. The Morgan fingerprint density at radius 2 is 2.06 bits per heavy atom. The topological polar surface area (TPSA) is 65.4 Å². The highest BCUT2D eigenvalue weighted by Gasteiger charge is 2.42. The quantitative estimate of drug-likeness (QED) is 0.469. The molecule has 1 aliphatic heterocycles. The molecule has 0 bridgehead atoms. The maximum absolute atomic E-state index is 8.71. The van der Waals surface area contributed by atoms with Gasteiger partial charge in [-0.3, -0.25) is 4.99 Å². The molecule has 0 amide bonds. The lowest BCUT2D eigenvalue weighted by atomic mass is 10.0. The van der Waals surface area contributed by atoms with Gasteiger partial charge in [-0.1, -0.05) is 0 Å². The molecule has 2 N–H and O–H groups in total. The van der Waals surface area contributed by atoms with Crippen LogP contribution in [0.5, 0.6) is 0 Å². The van der Waals surface area contributed by atoms with Crippen molar-refractivity contribution >= 4 is 41.7 Å². The van der Waals surface area contributed by atoms with Crippen LogP contribution < -0.4 is 5.73 Å². The molecule has 96 valence electrons. The zero-order valence-electron chi connectivity index (χ0n) is 9.89. The van der Waals surface area contributed by atoms with Crippen LogP contribution >= 0.6 is 35.7 Å². The predicted octanol–water partition coefficient (Wildman–Crippen LogP) is 1.66. The first-order chi connectivity index (χ1) is 7.76. The second kappa shape index (κ2) is 6.69. The number of hydrogen-bond acceptors (Lipinski definition) is 3. The number of nitrogens with zero attached hydrogens (tertiary/aromatic N) is 3. The van der Waals surface area contributed by atoms with Crippen molar-refractivity contribution in [3.05, 3.63) is 0 Å². The summed E-state index contributed by atoms with van der Waals surface area (Å²) in [5.74, 6) is 2.95. The fourth-order valence-corrected chi connectivity index (χ4v) is 2.78. The van der Waals surface area contributed by atoms with Gasteiger partial charge in [-0.05, 0) is 12.8 Å². The Labute approximate surface area is 124 Å². The molecule has 2 fully saturated rings. The molecule has 0 atom stereocenters. The molecule has 0 radical (unpaired) electrons. The maximum Gasteiger partial charge on any atom is 0.191 e. The summed E-state index contributed by atoms with van der Waals surface area (Å²) in [5.41, 5.74) is 6.13. The van der Waals surface area contributed by atoms with Crippen molar-refractivity contribution in [2.24, 2.45) is 16.1 Å². The first kappa shape index (κ1) is 14.9. The highest BCUT2D eigenvalue weighted by molar-refractivity contribution is 14.0. The van der Waals surface area contributed by atoms with Gasteiger partial charge >= 0.3 is 0 Å². The molecule has 1 aliphatic carbocycles. The van der Waals surface area contributed by atoms with Crippen LogP contribution in [0.1, 0.15) is 19.3 Å². The molecule has 1 saturated carbocycles. The Kier molecular flexibility index (Phi) is 5.86. The third-order valence-electron chi connectivity index (χ3n) is 3.32. The van der Waals surface area contributed by atoms with Crippen LogP contribution in [0.4, 0.5) is 0 Å². The van der Waals surface area contributed by atoms with E-state index in [0.29, 0.717) is 12.4 Å². The minimum Gasteiger partial charge on any atom is -0.370 e. The molecule has 4 nitrogen and oxygen atoms in total. The summed E-state index contributed by atoms with van der Waals surface area (Å²) in [4.78, 5) is 6.61. The number of aliphatic imine (C=N–C) groups is 1. The lowest BCUT2D eigenvalue weighted by Crippen LogP contribution is -2.43. The molecule has 6 heteroatoms. The Morgan fingerprint density at radius 1 is 1.41 bits per heavy atom. The molecule has 0 aromatic heterocycles. The molecule has 2 aliphatic rings. The smallest absolute Gasteiger partial charge is 0.191 e. The largest absolute Gasteiger partial charge is 0.370 e. The number of thioether (sulfide) groups is 1. The molecule has 1 saturated heterocycles. The molecular weight excluding hydrogens is 347 g/mol. The predicted molar refractivity (Wildman–Crippen MR) is 82.7 cm³/mol. The Bertz CT molecular complexity index is 316. The van der Waals surface area contributed by atoms with Gasteiger partial charge in [0.15, 0.2) is 5.96 Å². The summed E-state index contributed by atoms with van der Waals surface area (Å²) in [7, 11) is 0. The van der Waals surface area contributed by atoms with Crippen molar-refractivity contribution in [2.45, 2.75) is 19.3 Å². The average molecular weight is 366 g/mol. The maximum atomic E-state index is 8.71. The fraction of sp³-hybridized carbons (Fsp3) is 0.818. The summed E-state index contributed by atoms with van der Waals surface area (Å²) in [6.07, 6.45) is 2.89. The second-order valence-electron chi connectivity index (χ2n) is 4.61.